The summed E-state index contributed by atoms with van der Waals surface area (Å²) >= 11 is 1.50. The predicted octanol–water partition coefficient (Wildman–Crippen LogP) is 4.89. The number of methoxy groups -OCH3 is 2. The number of urea groups is 1. The topological polar surface area (TPSA) is 80.1 Å². The molecule has 0 saturated carbocycles. The van der Waals surface area contributed by atoms with Gasteiger partial charge in [-0.15, -0.1) is 11.3 Å². The van der Waals surface area contributed by atoms with E-state index in [0.29, 0.717) is 44.8 Å². The first kappa shape index (κ1) is 25.7. The first-order chi connectivity index (χ1) is 18.7. The largest absolute Gasteiger partial charge is 0.497 e. The van der Waals surface area contributed by atoms with E-state index in [9.17, 15) is 9.59 Å². The third-order valence-electron chi connectivity index (χ3n) is 8.70. The minimum Gasteiger partial charge on any atom is -0.497 e. The molecule has 2 fully saturated rings. The fourth-order valence-electron chi connectivity index (χ4n) is 6.81. The van der Waals surface area contributed by atoms with E-state index >= 15 is 0 Å². The van der Waals surface area contributed by atoms with E-state index in [2.05, 4.69) is 18.1 Å². The average molecular weight is 550 g/mol. The van der Waals surface area contributed by atoms with Crippen LogP contribution in [-0.4, -0.2) is 75.8 Å². The van der Waals surface area contributed by atoms with E-state index in [1.165, 1.54) is 11.3 Å². The maximum atomic E-state index is 13.9. The van der Waals surface area contributed by atoms with Gasteiger partial charge in [0.1, 0.15) is 16.3 Å². The van der Waals surface area contributed by atoms with Gasteiger partial charge in [0, 0.05) is 55.3 Å². The molecule has 0 N–H and O–H groups in total. The summed E-state index contributed by atoms with van der Waals surface area (Å²) < 4.78 is 13.1. The number of aromatic nitrogens is 2. The van der Waals surface area contributed by atoms with Crippen molar-refractivity contribution < 1.29 is 19.1 Å². The lowest BCUT2D eigenvalue weighted by Gasteiger charge is -2.44. The lowest BCUT2D eigenvalue weighted by molar-refractivity contribution is 0.0580. The lowest BCUT2D eigenvalue weighted by Crippen LogP contribution is -2.54. The van der Waals surface area contributed by atoms with Crippen molar-refractivity contribution in [1.82, 2.24) is 24.5 Å². The SMILES string of the molecule is CCN1C(=O)N2Cc3cc(OC)cc(OC)c3[C@H](C)C=C2C12CCN(C(=O)c1cc3c(C)nn(C)c3s1)CC2. The molecule has 0 aliphatic carbocycles. The zero-order valence-electron chi connectivity index (χ0n) is 23.4. The summed E-state index contributed by atoms with van der Waals surface area (Å²) in [4.78, 5) is 35.1. The molecule has 3 aliphatic heterocycles. The van der Waals surface area contributed by atoms with Gasteiger partial charge in [0.05, 0.1) is 36.9 Å². The van der Waals surface area contributed by atoms with E-state index in [-0.39, 0.29) is 17.9 Å². The predicted molar refractivity (Wildman–Crippen MR) is 151 cm³/mol. The first-order valence-electron chi connectivity index (χ1n) is 13.5. The van der Waals surface area contributed by atoms with Crippen LogP contribution in [0.25, 0.3) is 10.2 Å². The van der Waals surface area contributed by atoms with Gasteiger partial charge in [0.2, 0.25) is 0 Å². The van der Waals surface area contributed by atoms with Gasteiger partial charge in [-0.25, -0.2) is 4.79 Å². The van der Waals surface area contributed by atoms with Gasteiger partial charge in [-0.1, -0.05) is 13.0 Å². The fourth-order valence-corrected chi connectivity index (χ4v) is 7.90. The molecule has 0 bridgehead atoms. The highest BCUT2D eigenvalue weighted by molar-refractivity contribution is 7.20. The van der Waals surface area contributed by atoms with Gasteiger partial charge < -0.3 is 19.3 Å². The van der Waals surface area contributed by atoms with Crippen molar-refractivity contribution >= 4 is 33.5 Å². The maximum Gasteiger partial charge on any atom is 0.325 e. The van der Waals surface area contributed by atoms with Crippen LogP contribution in [0, 0.1) is 6.92 Å². The monoisotopic (exact) mass is 549 g/mol. The molecule has 1 atom stereocenters. The van der Waals surface area contributed by atoms with Crippen LogP contribution in [0.5, 0.6) is 11.5 Å². The quantitative estimate of drug-likeness (QED) is 0.463. The molecule has 5 heterocycles. The van der Waals surface area contributed by atoms with Gasteiger partial charge in [-0.2, -0.15) is 5.10 Å². The number of aryl methyl sites for hydroxylation is 2. The number of fused-ring (bicyclic) bond motifs is 4. The molecule has 2 saturated heterocycles. The van der Waals surface area contributed by atoms with E-state index in [4.69, 9.17) is 9.47 Å². The van der Waals surface area contributed by atoms with Gasteiger partial charge in [-0.3, -0.25) is 14.4 Å². The van der Waals surface area contributed by atoms with E-state index in [1.807, 2.05) is 58.5 Å². The summed E-state index contributed by atoms with van der Waals surface area (Å²) in [7, 11) is 5.23. The smallest absolute Gasteiger partial charge is 0.325 e. The van der Waals surface area contributed by atoms with Crippen LogP contribution in [-0.2, 0) is 13.6 Å². The van der Waals surface area contributed by atoms with Crippen LogP contribution in [0.1, 0.15) is 59.1 Å². The highest BCUT2D eigenvalue weighted by atomic mass is 32.1. The molecular weight excluding hydrogens is 514 g/mol. The number of amides is 3. The Morgan fingerprint density at radius 2 is 1.92 bits per heavy atom. The average Bonchev–Trinajstić information content (AvgIpc) is 3.51. The summed E-state index contributed by atoms with van der Waals surface area (Å²) in [6.07, 6.45) is 3.65. The maximum absolute atomic E-state index is 13.9. The minimum atomic E-state index is -0.434. The molecule has 3 aromatic rings. The highest BCUT2D eigenvalue weighted by Crippen LogP contribution is 2.49. The molecule has 206 valence electrons. The Kier molecular flexibility index (Phi) is 6.13. The zero-order valence-corrected chi connectivity index (χ0v) is 24.2. The molecule has 10 heteroatoms. The molecule has 6 rings (SSSR count). The van der Waals surface area contributed by atoms with Crippen molar-refractivity contribution in [2.24, 2.45) is 7.05 Å². The second-order valence-electron chi connectivity index (χ2n) is 10.7. The minimum absolute atomic E-state index is 0.0258. The summed E-state index contributed by atoms with van der Waals surface area (Å²) in [6, 6.07) is 5.93. The molecule has 9 nitrogen and oxygen atoms in total. The standard InChI is InChI=1S/C29H35N5O4S/c1-7-34-28(36)33-16-19-13-20(37-5)14-22(38-6)25(19)17(2)12-24(33)29(34)8-10-32(11-9-29)26(35)23-15-21-18(3)30-31(4)27(21)39-23/h12-15,17H,7-11,16H2,1-6H3/t17-/m1/s1. The number of likely N-dealkylation sites (N-methyl/N-ethyl adjacent to an activating group) is 1. The van der Waals surface area contributed by atoms with E-state index in [1.54, 1.807) is 14.2 Å². The van der Waals surface area contributed by atoms with E-state index < -0.39 is 5.54 Å². The summed E-state index contributed by atoms with van der Waals surface area (Å²) in [5, 5.41) is 5.50. The number of rotatable bonds is 4. The number of thiophene rings is 1. The highest BCUT2D eigenvalue weighted by Gasteiger charge is 2.55. The van der Waals surface area contributed by atoms with Crippen LogP contribution in [0.15, 0.2) is 30.0 Å². The Hall–Kier alpha value is -3.53. The van der Waals surface area contributed by atoms with Gasteiger partial charge in [0.15, 0.2) is 0 Å². The van der Waals surface area contributed by atoms with Crippen molar-refractivity contribution in [3.8, 4) is 11.5 Å². The van der Waals surface area contributed by atoms with Crippen molar-refractivity contribution in [3.63, 3.8) is 0 Å². The number of hydrogen-bond donors (Lipinski definition) is 0. The number of piperidine rings is 1. The Bertz CT molecular complexity index is 1480. The van der Waals surface area contributed by atoms with Crippen LogP contribution < -0.4 is 9.47 Å². The Balaban J connectivity index is 1.31. The van der Waals surface area contributed by atoms with Gasteiger partial charge in [0.25, 0.3) is 5.91 Å². The Morgan fingerprint density at radius 3 is 2.56 bits per heavy atom. The van der Waals surface area contributed by atoms with Crippen molar-refractivity contribution in [1.29, 1.82) is 0 Å². The fraction of sp³-hybridized carbons (Fsp3) is 0.483. The first-order valence-corrected chi connectivity index (χ1v) is 14.3. The van der Waals surface area contributed by atoms with Crippen molar-refractivity contribution in [2.45, 2.75) is 51.6 Å². The molecular formula is C29H35N5O4S. The van der Waals surface area contributed by atoms with Gasteiger partial charge in [-0.05, 0) is 44.4 Å². The van der Waals surface area contributed by atoms with Crippen molar-refractivity contribution in [2.75, 3.05) is 33.9 Å². The van der Waals surface area contributed by atoms with Gasteiger partial charge >= 0.3 is 6.03 Å². The van der Waals surface area contributed by atoms with Crippen LogP contribution in [0.3, 0.4) is 0 Å². The molecule has 3 aliphatic rings. The Labute approximate surface area is 232 Å². The number of carbonyl (C=O) groups excluding carboxylic acids is 2. The summed E-state index contributed by atoms with van der Waals surface area (Å²) in [6.45, 7) is 8.45. The number of allylic oxidation sites excluding steroid dienone is 1. The third-order valence-corrected chi connectivity index (χ3v) is 9.89. The normalized spacial score (nSPS) is 20.3. The molecule has 39 heavy (non-hydrogen) atoms. The second-order valence-corrected chi connectivity index (χ2v) is 11.7. The number of hydrogen-bond acceptors (Lipinski definition) is 6. The summed E-state index contributed by atoms with van der Waals surface area (Å²) in [5.41, 5.74) is 3.68. The Morgan fingerprint density at radius 1 is 1.18 bits per heavy atom. The molecule has 3 amide bonds. The molecule has 1 aromatic carbocycles. The van der Waals surface area contributed by atoms with Crippen LogP contribution in [0.4, 0.5) is 4.79 Å². The zero-order chi connectivity index (χ0) is 27.6. The molecule has 2 aromatic heterocycles. The number of ether oxygens (including phenoxy) is 2. The number of nitrogens with zero attached hydrogens (tertiary/aromatic N) is 5. The molecule has 0 radical (unpaired) electrons. The number of benzene rings is 1. The second kappa shape index (κ2) is 9.29. The van der Waals surface area contributed by atoms with Crippen molar-refractivity contribution in [3.05, 3.63) is 51.7 Å². The number of likely N-dealkylation sites (tertiary alicyclic amines) is 1. The van der Waals surface area contributed by atoms with Crippen LogP contribution in [0.2, 0.25) is 0 Å². The molecule has 1 spiro atoms. The van der Waals surface area contributed by atoms with Crippen LogP contribution >= 0.6 is 11.3 Å². The molecule has 0 unspecified atom stereocenters. The lowest BCUT2D eigenvalue weighted by atomic mass is 9.82. The number of carbonyl (C=O) groups is 2. The van der Waals surface area contributed by atoms with E-state index in [0.717, 1.165) is 43.4 Å². The summed E-state index contributed by atoms with van der Waals surface area (Å²) in [5.74, 6) is 1.60. The third kappa shape index (κ3) is 3.75.